The number of nitrogens with zero attached hydrogens (tertiary/aromatic N) is 1. The molecule has 0 saturated heterocycles. The summed E-state index contributed by atoms with van der Waals surface area (Å²) >= 11 is 0. The summed E-state index contributed by atoms with van der Waals surface area (Å²) < 4.78 is 4.86. The fraction of sp³-hybridized carbons (Fsp3) is 0.417. The number of rotatable bonds is 2. The predicted octanol–water partition coefficient (Wildman–Crippen LogP) is 4.23. The van der Waals surface area contributed by atoms with E-state index in [1.807, 2.05) is 32.9 Å². The molecule has 1 aromatic heterocycles. The lowest BCUT2D eigenvalue weighted by Crippen LogP contribution is -1.65. The quantitative estimate of drug-likeness (QED) is 0.660. The normalized spacial score (nSPS) is 8.57. The third-order valence-corrected chi connectivity index (χ3v) is 1.17. The van der Waals surface area contributed by atoms with E-state index in [0.717, 1.165) is 17.9 Å². The lowest BCUT2D eigenvalue weighted by molar-refractivity contribution is 0.396. The molecule has 1 rings (SSSR count). The van der Waals surface area contributed by atoms with Crippen LogP contribution in [0.2, 0.25) is 0 Å². The van der Waals surface area contributed by atoms with Crippen molar-refractivity contribution in [3.05, 3.63) is 36.8 Å². The van der Waals surface area contributed by atoms with Crippen molar-refractivity contribution < 1.29 is 4.52 Å². The maximum absolute atomic E-state index is 4.86. The van der Waals surface area contributed by atoms with Gasteiger partial charge in [-0.2, -0.15) is 0 Å². The molecule has 0 aromatic carbocycles. The molecule has 0 unspecified atom stereocenters. The van der Waals surface area contributed by atoms with Crippen LogP contribution >= 0.6 is 0 Å². The Balaban J connectivity index is 0. The first kappa shape index (κ1) is 15.2. The van der Waals surface area contributed by atoms with Crippen LogP contribution in [-0.2, 0) is 0 Å². The number of aromatic nitrogens is 1. The van der Waals surface area contributed by atoms with Crippen LogP contribution < -0.4 is 0 Å². The summed E-state index contributed by atoms with van der Waals surface area (Å²) in [5.41, 5.74) is 0.902. The van der Waals surface area contributed by atoms with Gasteiger partial charge in [0.25, 0.3) is 0 Å². The van der Waals surface area contributed by atoms with E-state index in [2.05, 4.69) is 31.3 Å². The molecule has 0 aliphatic rings. The molecule has 0 aliphatic heterocycles. The molecule has 1 heterocycles. The second kappa shape index (κ2) is 11.7. The number of hydrogen-bond acceptors (Lipinski definition) is 2. The molecular formula is C12H21NO. The fourth-order valence-corrected chi connectivity index (χ4v) is 0.703. The average Bonchev–Trinajstić information content (AvgIpc) is 2.67. The lowest BCUT2D eigenvalue weighted by atomic mass is 10.3. The third-order valence-electron chi connectivity index (χ3n) is 1.17. The van der Waals surface area contributed by atoms with Gasteiger partial charge in [0.05, 0.1) is 0 Å². The number of aryl methyl sites for hydroxylation is 1. The Kier molecular flexibility index (Phi) is 12.7. The summed E-state index contributed by atoms with van der Waals surface area (Å²) in [7, 11) is 0. The summed E-state index contributed by atoms with van der Waals surface area (Å²) in [4.78, 5) is 0. The van der Waals surface area contributed by atoms with Gasteiger partial charge in [0.15, 0.2) is 0 Å². The summed E-state index contributed by atoms with van der Waals surface area (Å²) in [6.07, 6.45) is 5.04. The van der Waals surface area contributed by atoms with E-state index in [0.29, 0.717) is 0 Å². The van der Waals surface area contributed by atoms with Gasteiger partial charge in [0.2, 0.25) is 0 Å². The van der Waals surface area contributed by atoms with Crippen LogP contribution in [0.25, 0.3) is 6.08 Å². The molecule has 0 saturated carbocycles. The highest BCUT2D eigenvalue weighted by Crippen LogP contribution is 2.03. The van der Waals surface area contributed by atoms with Crippen molar-refractivity contribution in [2.24, 2.45) is 0 Å². The van der Waals surface area contributed by atoms with Crippen molar-refractivity contribution in [3.63, 3.8) is 0 Å². The highest BCUT2D eigenvalue weighted by molar-refractivity contribution is 5.43. The minimum Gasteiger partial charge on any atom is -0.361 e. The van der Waals surface area contributed by atoms with Crippen molar-refractivity contribution in [3.8, 4) is 0 Å². The molecule has 80 valence electrons. The first-order valence-electron chi connectivity index (χ1n) is 4.93. The number of hydrogen-bond donors (Lipinski definition) is 0. The standard InChI is InChI=1S/C8H11NO.C2H6.C2H4/c1-3-4-5-8-6-7(2)10-9-8;2*1-2/h4-6H,3H2,1-2H3;1-2H3;1-2H2/b5-4+;;. The molecule has 2 nitrogen and oxygen atoms in total. The van der Waals surface area contributed by atoms with Gasteiger partial charge in [0, 0.05) is 6.07 Å². The maximum Gasteiger partial charge on any atom is 0.134 e. The van der Waals surface area contributed by atoms with E-state index in [1.165, 1.54) is 0 Å². The predicted molar refractivity (Wildman–Crippen MR) is 63.2 cm³/mol. The highest BCUT2D eigenvalue weighted by Gasteiger charge is 1.92. The minimum atomic E-state index is 0.857. The first-order valence-corrected chi connectivity index (χ1v) is 4.93. The average molecular weight is 195 g/mol. The molecule has 14 heavy (non-hydrogen) atoms. The van der Waals surface area contributed by atoms with E-state index in [4.69, 9.17) is 4.52 Å². The molecule has 0 atom stereocenters. The summed E-state index contributed by atoms with van der Waals surface area (Å²) in [6, 6.07) is 1.91. The molecule has 0 aliphatic carbocycles. The Morgan fingerprint density at radius 3 is 2.36 bits per heavy atom. The SMILES string of the molecule is C=C.CC.CC/C=C/c1cc(C)on1. The molecule has 0 fully saturated rings. The fourth-order valence-electron chi connectivity index (χ4n) is 0.703. The van der Waals surface area contributed by atoms with Gasteiger partial charge in [-0.05, 0) is 19.4 Å². The monoisotopic (exact) mass is 195 g/mol. The van der Waals surface area contributed by atoms with Gasteiger partial charge < -0.3 is 4.52 Å². The Bertz CT molecular complexity index is 238. The van der Waals surface area contributed by atoms with Gasteiger partial charge in [-0.15, -0.1) is 13.2 Å². The highest BCUT2D eigenvalue weighted by atomic mass is 16.5. The number of allylic oxidation sites excluding steroid dienone is 1. The van der Waals surface area contributed by atoms with Crippen LogP contribution in [0.4, 0.5) is 0 Å². The van der Waals surface area contributed by atoms with Crippen LogP contribution in [0.1, 0.15) is 38.6 Å². The third kappa shape index (κ3) is 7.35. The van der Waals surface area contributed by atoms with Gasteiger partial charge in [-0.1, -0.05) is 32.0 Å². The topological polar surface area (TPSA) is 26.0 Å². The Labute approximate surface area is 87.3 Å². The molecule has 0 spiro atoms. The van der Waals surface area contributed by atoms with Crippen LogP contribution in [0.3, 0.4) is 0 Å². The van der Waals surface area contributed by atoms with Crippen LogP contribution in [0, 0.1) is 6.92 Å². The molecule has 0 amide bonds. The molecule has 1 aromatic rings. The molecule has 0 bridgehead atoms. The van der Waals surface area contributed by atoms with Crippen LogP contribution in [-0.4, -0.2) is 5.16 Å². The van der Waals surface area contributed by atoms with Gasteiger partial charge in [-0.3, -0.25) is 0 Å². The summed E-state index contributed by atoms with van der Waals surface area (Å²) in [5, 5.41) is 3.79. The Morgan fingerprint density at radius 1 is 1.43 bits per heavy atom. The lowest BCUT2D eigenvalue weighted by Gasteiger charge is -1.76. The zero-order valence-electron chi connectivity index (χ0n) is 9.71. The molecule has 0 N–H and O–H groups in total. The van der Waals surface area contributed by atoms with Crippen molar-refractivity contribution in [2.45, 2.75) is 34.1 Å². The van der Waals surface area contributed by atoms with E-state index in [9.17, 15) is 0 Å². The second-order valence-corrected chi connectivity index (χ2v) is 2.17. The largest absolute Gasteiger partial charge is 0.361 e. The van der Waals surface area contributed by atoms with E-state index < -0.39 is 0 Å². The van der Waals surface area contributed by atoms with Crippen LogP contribution in [0.5, 0.6) is 0 Å². The maximum atomic E-state index is 4.86. The van der Waals surface area contributed by atoms with Crippen molar-refractivity contribution >= 4 is 6.08 Å². The van der Waals surface area contributed by atoms with Crippen molar-refractivity contribution in [2.75, 3.05) is 0 Å². The van der Waals surface area contributed by atoms with Gasteiger partial charge in [-0.25, -0.2) is 0 Å². The minimum absolute atomic E-state index is 0.857. The Morgan fingerprint density at radius 2 is 2.00 bits per heavy atom. The van der Waals surface area contributed by atoms with Gasteiger partial charge >= 0.3 is 0 Å². The Hall–Kier alpha value is -1.31. The van der Waals surface area contributed by atoms with E-state index in [1.54, 1.807) is 0 Å². The van der Waals surface area contributed by atoms with Crippen LogP contribution in [0.15, 0.2) is 29.8 Å². The van der Waals surface area contributed by atoms with E-state index in [-0.39, 0.29) is 0 Å². The zero-order chi connectivity index (χ0) is 11.4. The van der Waals surface area contributed by atoms with Crippen molar-refractivity contribution in [1.82, 2.24) is 5.16 Å². The molecule has 0 radical (unpaired) electrons. The molecule has 2 heteroatoms. The zero-order valence-corrected chi connectivity index (χ0v) is 9.71. The first-order chi connectivity index (χ1) is 6.83. The second-order valence-electron chi connectivity index (χ2n) is 2.17. The van der Waals surface area contributed by atoms with Gasteiger partial charge in [0.1, 0.15) is 11.5 Å². The summed E-state index contributed by atoms with van der Waals surface area (Å²) in [6.45, 7) is 14.0. The smallest absolute Gasteiger partial charge is 0.134 e. The summed E-state index contributed by atoms with van der Waals surface area (Å²) in [5.74, 6) is 0.857. The van der Waals surface area contributed by atoms with E-state index >= 15 is 0 Å². The van der Waals surface area contributed by atoms with Crippen molar-refractivity contribution in [1.29, 1.82) is 0 Å². The molecular weight excluding hydrogens is 174 g/mol.